The van der Waals surface area contributed by atoms with Crippen LogP contribution in [0.2, 0.25) is 10.0 Å². The Hall–Kier alpha value is -1.91. The van der Waals surface area contributed by atoms with E-state index >= 15 is 0 Å². The minimum absolute atomic E-state index is 0.259. The van der Waals surface area contributed by atoms with Crippen molar-refractivity contribution in [3.63, 3.8) is 0 Å². The van der Waals surface area contributed by atoms with Gasteiger partial charge in [0.2, 0.25) is 0 Å². The Morgan fingerprint density at radius 2 is 2.05 bits per heavy atom. The van der Waals surface area contributed by atoms with E-state index in [9.17, 15) is 0 Å². The molecule has 21 heavy (non-hydrogen) atoms. The number of rotatable bonds is 3. The summed E-state index contributed by atoms with van der Waals surface area (Å²) < 4.78 is 11.1. The Balaban J connectivity index is 1.76. The summed E-state index contributed by atoms with van der Waals surface area (Å²) in [6.07, 6.45) is 0. The van der Waals surface area contributed by atoms with Crippen LogP contribution in [0.15, 0.2) is 41.6 Å². The molecule has 0 aliphatic carbocycles. The maximum absolute atomic E-state index is 8.84. The smallest absolute Gasteiger partial charge is 0.134 e. The quantitative estimate of drug-likeness (QED) is 0.682. The van der Waals surface area contributed by atoms with E-state index in [2.05, 4.69) is 5.16 Å². The third-order valence-electron chi connectivity index (χ3n) is 3.15. The number of fused-ring (bicyclic) bond motifs is 1. The van der Waals surface area contributed by atoms with Crippen LogP contribution in [0.5, 0.6) is 11.5 Å². The molecule has 0 atom stereocenters. The van der Waals surface area contributed by atoms with Crippen molar-refractivity contribution >= 4 is 28.9 Å². The fourth-order valence-electron chi connectivity index (χ4n) is 2.07. The van der Waals surface area contributed by atoms with Crippen molar-refractivity contribution in [2.75, 3.05) is 6.61 Å². The van der Waals surface area contributed by atoms with E-state index in [0.717, 1.165) is 11.1 Å². The molecule has 2 aromatic carbocycles. The minimum atomic E-state index is 0.259. The van der Waals surface area contributed by atoms with Gasteiger partial charge in [-0.15, -0.1) is 0 Å². The van der Waals surface area contributed by atoms with Crippen LogP contribution < -0.4 is 9.47 Å². The molecule has 0 fully saturated rings. The number of hydrogen-bond donors (Lipinski definition) is 1. The van der Waals surface area contributed by atoms with Gasteiger partial charge in [0.05, 0.1) is 0 Å². The van der Waals surface area contributed by atoms with Gasteiger partial charge in [0.25, 0.3) is 0 Å². The first-order valence-corrected chi connectivity index (χ1v) is 6.98. The monoisotopic (exact) mass is 323 g/mol. The molecule has 0 spiro atoms. The lowest BCUT2D eigenvalue weighted by molar-refractivity contribution is 0.303. The van der Waals surface area contributed by atoms with Crippen molar-refractivity contribution in [3.05, 3.63) is 57.6 Å². The molecule has 0 bridgehead atoms. The summed E-state index contributed by atoms with van der Waals surface area (Å²) in [6, 6.07) is 10.6. The normalized spacial score (nSPS) is 14.9. The molecule has 0 saturated heterocycles. The summed E-state index contributed by atoms with van der Waals surface area (Å²) in [6.45, 7) is 0.564. The van der Waals surface area contributed by atoms with Crippen molar-refractivity contribution in [2.24, 2.45) is 5.16 Å². The lowest BCUT2D eigenvalue weighted by Crippen LogP contribution is -2.01. The topological polar surface area (TPSA) is 51.1 Å². The first-order chi connectivity index (χ1) is 10.2. The lowest BCUT2D eigenvalue weighted by atomic mass is 10.1. The van der Waals surface area contributed by atoms with Gasteiger partial charge in [0.1, 0.15) is 30.4 Å². The first-order valence-electron chi connectivity index (χ1n) is 6.22. The molecule has 6 heteroatoms. The maximum Gasteiger partial charge on any atom is 0.134 e. The average molecular weight is 324 g/mol. The van der Waals surface area contributed by atoms with Gasteiger partial charge in [-0.1, -0.05) is 28.4 Å². The van der Waals surface area contributed by atoms with E-state index in [1.54, 1.807) is 36.4 Å². The average Bonchev–Trinajstić information content (AvgIpc) is 2.90. The lowest BCUT2D eigenvalue weighted by Gasteiger charge is -2.09. The number of oxime groups is 1. The van der Waals surface area contributed by atoms with Crippen LogP contribution in [-0.2, 0) is 6.61 Å². The summed E-state index contributed by atoms with van der Waals surface area (Å²) >= 11 is 12.0. The molecule has 1 aliphatic rings. The second-order valence-corrected chi connectivity index (χ2v) is 5.36. The van der Waals surface area contributed by atoms with Crippen LogP contribution in [0.3, 0.4) is 0 Å². The van der Waals surface area contributed by atoms with Crippen LogP contribution in [-0.4, -0.2) is 17.5 Å². The van der Waals surface area contributed by atoms with Crippen molar-refractivity contribution in [1.29, 1.82) is 0 Å². The molecule has 1 N–H and O–H groups in total. The minimum Gasteiger partial charge on any atom is -0.489 e. The van der Waals surface area contributed by atoms with Crippen molar-refractivity contribution in [1.82, 2.24) is 0 Å². The van der Waals surface area contributed by atoms with Gasteiger partial charge in [-0.3, -0.25) is 0 Å². The van der Waals surface area contributed by atoms with Gasteiger partial charge in [-0.25, -0.2) is 0 Å². The van der Waals surface area contributed by atoms with E-state index in [1.165, 1.54) is 0 Å². The third kappa shape index (κ3) is 2.91. The molecule has 2 aromatic rings. The van der Waals surface area contributed by atoms with Crippen molar-refractivity contribution in [2.45, 2.75) is 6.61 Å². The Kier molecular flexibility index (Phi) is 3.90. The molecule has 3 rings (SSSR count). The number of halogens is 2. The summed E-state index contributed by atoms with van der Waals surface area (Å²) in [5.41, 5.74) is 2.09. The largest absolute Gasteiger partial charge is 0.489 e. The maximum atomic E-state index is 8.84. The molecule has 1 aliphatic heterocycles. The van der Waals surface area contributed by atoms with Crippen LogP contribution in [0.1, 0.15) is 11.1 Å². The molecule has 0 aromatic heterocycles. The van der Waals surface area contributed by atoms with Crippen LogP contribution in [0.4, 0.5) is 0 Å². The highest BCUT2D eigenvalue weighted by Crippen LogP contribution is 2.31. The Morgan fingerprint density at radius 3 is 2.86 bits per heavy atom. The summed E-state index contributed by atoms with van der Waals surface area (Å²) in [5.74, 6) is 1.28. The molecule has 0 saturated carbocycles. The van der Waals surface area contributed by atoms with Crippen LogP contribution in [0.25, 0.3) is 0 Å². The Morgan fingerprint density at radius 1 is 1.19 bits per heavy atom. The van der Waals surface area contributed by atoms with E-state index in [0.29, 0.717) is 33.9 Å². The Bertz CT molecular complexity index is 716. The predicted octanol–water partition coefficient (Wildman–Crippen LogP) is 4.14. The second kappa shape index (κ2) is 5.84. The molecule has 0 radical (unpaired) electrons. The number of nitrogens with zero attached hydrogens (tertiary/aromatic N) is 1. The zero-order chi connectivity index (χ0) is 14.8. The van der Waals surface area contributed by atoms with Gasteiger partial charge >= 0.3 is 0 Å². The fraction of sp³-hybridized carbons (Fsp3) is 0.133. The zero-order valence-corrected chi connectivity index (χ0v) is 12.4. The highest BCUT2D eigenvalue weighted by Gasteiger charge is 2.20. The van der Waals surface area contributed by atoms with E-state index in [4.69, 9.17) is 37.9 Å². The number of benzene rings is 2. The van der Waals surface area contributed by atoms with E-state index in [1.807, 2.05) is 0 Å². The summed E-state index contributed by atoms with van der Waals surface area (Å²) in [4.78, 5) is 0. The molecule has 0 amide bonds. The van der Waals surface area contributed by atoms with Crippen LogP contribution in [0, 0.1) is 0 Å². The van der Waals surface area contributed by atoms with Crippen molar-refractivity contribution in [3.8, 4) is 11.5 Å². The van der Waals surface area contributed by atoms with E-state index < -0.39 is 0 Å². The molecule has 0 unspecified atom stereocenters. The number of ether oxygens (including phenoxy) is 2. The molecule has 4 nitrogen and oxygen atoms in total. The molecular formula is C15H11Cl2NO3. The second-order valence-electron chi connectivity index (χ2n) is 4.52. The standard InChI is InChI=1S/C15H11Cl2NO3/c16-10-1-4-13(17)9(5-10)7-20-11-2-3-12-14(18-19)8-21-15(12)6-11/h1-6,19H,7-8H2. The molecule has 1 heterocycles. The zero-order valence-electron chi connectivity index (χ0n) is 10.8. The van der Waals surface area contributed by atoms with E-state index in [-0.39, 0.29) is 6.61 Å². The number of hydrogen-bond acceptors (Lipinski definition) is 4. The highest BCUT2D eigenvalue weighted by atomic mass is 35.5. The SMILES string of the molecule is ON=C1COc2cc(OCc3cc(Cl)ccc3Cl)ccc21. The summed E-state index contributed by atoms with van der Waals surface area (Å²) in [5, 5.41) is 13.2. The first kappa shape index (κ1) is 14.0. The van der Waals surface area contributed by atoms with Gasteiger partial charge in [0.15, 0.2) is 0 Å². The van der Waals surface area contributed by atoms with Crippen LogP contribution >= 0.6 is 23.2 Å². The highest BCUT2D eigenvalue weighted by molar-refractivity contribution is 6.33. The Labute approximate surface area is 131 Å². The van der Waals surface area contributed by atoms with Gasteiger partial charge in [-0.05, 0) is 30.3 Å². The fourth-order valence-corrected chi connectivity index (χ4v) is 2.44. The third-order valence-corrected chi connectivity index (χ3v) is 3.76. The summed E-state index contributed by atoms with van der Waals surface area (Å²) in [7, 11) is 0. The van der Waals surface area contributed by atoms with Gasteiger partial charge < -0.3 is 14.7 Å². The molecular weight excluding hydrogens is 313 g/mol. The van der Waals surface area contributed by atoms with Gasteiger partial charge in [0, 0.05) is 27.2 Å². The predicted molar refractivity (Wildman–Crippen MR) is 81.1 cm³/mol. The van der Waals surface area contributed by atoms with Crippen molar-refractivity contribution < 1.29 is 14.7 Å². The van der Waals surface area contributed by atoms with Gasteiger partial charge in [-0.2, -0.15) is 0 Å². The molecule has 108 valence electrons.